The van der Waals surface area contributed by atoms with E-state index in [0.29, 0.717) is 12.0 Å². The van der Waals surface area contributed by atoms with E-state index in [4.69, 9.17) is 11.6 Å². The van der Waals surface area contributed by atoms with Gasteiger partial charge in [0.25, 0.3) is 0 Å². The van der Waals surface area contributed by atoms with Crippen molar-refractivity contribution in [3.05, 3.63) is 55.7 Å². The van der Waals surface area contributed by atoms with E-state index in [-0.39, 0.29) is 5.38 Å². The summed E-state index contributed by atoms with van der Waals surface area (Å²) in [5.41, 5.74) is 0.691. The predicted molar refractivity (Wildman–Crippen MR) is 75.4 cm³/mol. The van der Waals surface area contributed by atoms with E-state index in [0.717, 1.165) is 20.3 Å². The van der Waals surface area contributed by atoms with Gasteiger partial charge in [0.2, 0.25) is 0 Å². The Morgan fingerprint density at radius 3 is 2.56 bits per heavy atom. The first kappa shape index (κ1) is 14.0. The Hall–Kier alpha value is -0.450. The van der Waals surface area contributed by atoms with Gasteiger partial charge in [0, 0.05) is 14.2 Å². The molecule has 2 rings (SSSR count). The minimum absolute atomic E-state index is 0.232. The van der Waals surface area contributed by atoms with Gasteiger partial charge in [-0.25, -0.2) is 8.78 Å². The summed E-state index contributed by atoms with van der Waals surface area (Å²) >= 11 is 11.3. The second-order valence-electron chi connectivity index (χ2n) is 3.97. The highest BCUT2D eigenvalue weighted by Gasteiger charge is 2.14. The van der Waals surface area contributed by atoms with Crippen molar-refractivity contribution in [2.24, 2.45) is 0 Å². The van der Waals surface area contributed by atoms with E-state index in [1.165, 1.54) is 6.07 Å². The summed E-state index contributed by atoms with van der Waals surface area (Å²) in [6.45, 7) is 2.00. The van der Waals surface area contributed by atoms with Crippen molar-refractivity contribution >= 4 is 38.9 Å². The first-order valence-corrected chi connectivity index (χ1v) is 7.36. The van der Waals surface area contributed by atoms with E-state index in [9.17, 15) is 8.78 Å². The van der Waals surface area contributed by atoms with Gasteiger partial charge in [-0.1, -0.05) is 6.07 Å². The first-order chi connectivity index (χ1) is 8.47. The van der Waals surface area contributed by atoms with Gasteiger partial charge >= 0.3 is 0 Å². The molecule has 96 valence electrons. The molecule has 18 heavy (non-hydrogen) atoms. The number of hydrogen-bond acceptors (Lipinski definition) is 1. The molecular weight excluding hydrogens is 342 g/mol. The van der Waals surface area contributed by atoms with Crippen LogP contribution in [0.3, 0.4) is 0 Å². The molecule has 0 aliphatic heterocycles. The van der Waals surface area contributed by atoms with Crippen molar-refractivity contribution in [3.63, 3.8) is 0 Å². The largest absolute Gasteiger partial charge is 0.204 e. The number of alkyl halides is 1. The van der Waals surface area contributed by atoms with Crippen molar-refractivity contribution in [1.82, 2.24) is 0 Å². The molecule has 0 N–H and O–H groups in total. The Bertz CT molecular complexity index is 549. The van der Waals surface area contributed by atoms with Gasteiger partial charge < -0.3 is 0 Å². The molecule has 1 unspecified atom stereocenters. The number of aryl methyl sites for hydroxylation is 1. The molecule has 0 saturated heterocycles. The summed E-state index contributed by atoms with van der Waals surface area (Å²) in [4.78, 5) is 2.17. The molecule has 0 radical (unpaired) electrons. The highest BCUT2D eigenvalue weighted by Crippen LogP contribution is 2.35. The molecule has 0 aliphatic carbocycles. The monoisotopic (exact) mass is 350 g/mol. The third kappa shape index (κ3) is 3.11. The number of rotatable bonds is 3. The van der Waals surface area contributed by atoms with Crippen molar-refractivity contribution in [2.75, 3.05) is 0 Å². The minimum Gasteiger partial charge on any atom is -0.204 e. The van der Waals surface area contributed by atoms with Crippen LogP contribution in [0.4, 0.5) is 8.78 Å². The van der Waals surface area contributed by atoms with E-state index < -0.39 is 11.6 Å². The first-order valence-electron chi connectivity index (χ1n) is 5.31. The van der Waals surface area contributed by atoms with Gasteiger partial charge in [-0.05, 0) is 53.0 Å². The van der Waals surface area contributed by atoms with Crippen LogP contribution in [0, 0.1) is 18.6 Å². The van der Waals surface area contributed by atoms with Crippen molar-refractivity contribution < 1.29 is 8.78 Å². The second-order valence-corrected chi connectivity index (χ2v) is 6.64. The maximum Gasteiger partial charge on any atom is 0.159 e. The third-order valence-corrected chi connectivity index (χ3v) is 5.35. The Morgan fingerprint density at radius 2 is 2.00 bits per heavy atom. The van der Waals surface area contributed by atoms with Gasteiger partial charge in [0.05, 0.1) is 5.38 Å². The summed E-state index contributed by atoms with van der Waals surface area (Å²) in [5.74, 6) is -1.67. The zero-order valence-electron chi connectivity index (χ0n) is 9.51. The van der Waals surface area contributed by atoms with E-state index >= 15 is 0 Å². The third-order valence-electron chi connectivity index (χ3n) is 2.58. The van der Waals surface area contributed by atoms with Gasteiger partial charge in [0.15, 0.2) is 11.6 Å². The Kier molecular flexibility index (Phi) is 4.41. The van der Waals surface area contributed by atoms with Crippen LogP contribution < -0.4 is 0 Å². The molecule has 0 nitrogen and oxygen atoms in total. The summed E-state index contributed by atoms with van der Waals surface area (Å²) in [6, 6.07) is 5.85. The lowest BCUT2D eigenvalue weighted by atomic mass is 10.1. The standard InChI is InChI=1S/C13H10BrClF2S/c1-7-9(14)6-13(18-7)10(15)4-8-2-3-11(16)12(17)5-8/h2-3,5-6,10H,4H2,1H3. The Labute approximate surface area is 122 Å². The van der Waals surface area contributed by atoms with Crippen LogP contribution in [-0.4, -0.2) is 0 Å². The maximum atomic E-state index is 13.1. The molecule has 0 aliphatic rings. The minimum atomic E-state index is -0.834. The van der Waals surface area contributed by atoms with Crippen LogP contribution in [0.1, 0.15) is 20.7 Å². The summed E-state index contributed by atoms with van der Waals surface area (Å²) < 4.78 is 26.9. The molecule has 0 spiro atoms. The molecule has 1 heterocycles. The smallest absolute Gasteiger partial charge is 0.159 e. The van der Waals surface area contributed by atoms with Crippen molar-refractivity contribution in [2.45, 2.75) is 18.7 Å². The zero-order valence-corrected chi connectivity index (χ0v) is 12.7. The van der Waals surface area contributed by atoms with E-state index in [1.807, 2.05) is 13.0 Å². The van der Waals surface area contributed by atoms with Crippen LogP contribution in [0.2, 0.25) is 0 Å². The number of hydrogen-bond donors (Lipinski definition) is 0. The molecule has 5 heteroatoms. The fourth-order valence-electron chi connectivity index (χ4n) is 1.61. The average molecular weight is 352 g/mol. The number of halogens is 4. The summed E-state index contributed by atoms with van der Waals surface area (Å²) in [7, 11) is 0. The topological polar surface area (TPSA) is 0 Å². The van der Waals surface area contributed by atoms with Gasteiger partial charge in [-0.2, -0.15) is 0 Å². The Balaban J connectivity index is 2.15. The number of thiophene rings is 1. The summed E-state index contributed by atoms with van der Waals surface area (Å²) in [6.07, 6.45) is 0.477. The maximum absolute atomic E-state index is 13.1. The molecule has 0 amide bonds. The molecule has 2 aromatic rings. The van der Waals surface area contributed by atoms with Crippen LogP contribution in [0.5, 0.6) is 0 Å². The molecule has 0 saturated carbocycles. The second kappa shape index (κ2) is 5.68. The molecule has 1 aromatic heterocycles. The van der Waals surface area contributed by atoms with E-state index in [1.54, 1.807) is 17.4 Å². The fourth-order valence-corrected chi connectivity index (χ4v) is 3.52. The van der Waals surface area contributed by atoms with Gasteiger partial charge in [-0.15, -0.1) is 22.9 Å². The lowest BCUT2D eigenvalue weighted by Gasteiger charge is -2.07. The highest BCUT2D eigenvalue weighted by atomic mass is 79.9. The van der Waals surface area contributed by atoms with Crippen LogP contribution in [0.25, 0.3) is 0 Å². The molecular formula is C13H10BrClF2S. The lowest BCUT2D eigenvalue weighted by molar-refractivity contribution is 0.507. The van der Waals surface area contributed by atoms with E-state index in [2.05, 4.69) is 15.9 Å². The fraction of sp³-hybridized carbons (Fsp3) is 0.231. The highest BCUT2D eigenvalue weighted by molar-refractivity contribution is 9.10. The quantitative estimate of drug-likeness (QED) is 0.630. The SMILES string of the molecule is Cc1sc(C(Cl)Cc2ccc(F)c(F)c2)cc1Br. The Morgan fingerprint density at radius 1 is 1.28 bits per heavy atom. The van der Waals surface area contributed by atoms with Crippen molar-refractivity contribution in [1.29, 1.82) is 0 Å². The van der Waals surface area contributed by atoms with Gasteiger partial charge in [0.1, 0.15) is 0 Å². The van der Waals surface area contributed by atoms with Gasteiger partial charge in [-0.3, -0.25) is 0 Å². The van der Waals surface area contributed by atoms with Crippen LogP contribution in [-0.2, 0) is 6.42 Å². The molecule has 0 fully saturated rings. The molecule has 0 bridgehead atoms. The number of benzene rings is 1. The molecule has 1 aromatic carbocycles. The average Bonchev–Trinajstić information content (AvgIpc) is 2.65. The van der Waals surface area contributed by atoms with Crippen LogP contribution >= 0.6 is 38.9 Å². The summed E-state index contributed by atoms with van der Waals surface area (Å²) in [5, 5.41) is -0.232. The molecule has 1 atom stereocenters. The lowest BCUT2D eigenvalue weighted by Crippen LogP contribution is -1.95. The normalized spacial score (nSPS) is 12.7. The van der Waals surface area contributed by atoms with Crippen molar-refractivity contribution in [3.8, 4) is 0 Å². The predicted octanol–water partition coefficient (Wildman–Crippen LogP) is 5.62. The zero-order chi connectivity index (χ0) is 13.3. The van der Waals surface area contributed by atoms with Crippen LogP contribution in [0.15, 0.2) is 28.7 Å².